The van der Waals surface area contributed by atoms with Gasteiger partial charge in [0, 0.05) is 42.9 Å². The van der Waals surface area contributed by atoms with Gasteiger partial charge in [0.05, 0.1) is 29.8 Å². The number of piperidine rings is 1. The molecule has 11 heteroatoms. The van der Waals surface area contributed by atoms with Crippen LogP contribution in [-0.2, 0) is 17.0 Å². The third-order valence-electron chi connectivity index (χ3n) is 8.98. The number of aromatic amines is 1. The lowest BCUT2D eigenvalue weighted by atomic mass is 9.88. The molecular weight excluding hydrogens is 585 g/mol. The molecule has 3 unspecified atom stereocenters. The number of ether oxygens (including phenoxy) is 2. The summed E-state index contributed by atoms with van der Waals surface area (Å²) in [6.07, 6.45) is 11.5. The van der Waals surface area contributed by atoms with Gasteiger partial charge in [-0.15, -0.1) is 0 Å². The number of hydrogen-bond acceptors (Lipinski definition) is 7. The zero-order valence-electron chi connectivity index (χ0n) is 24.2. The minimum Gasteiger partial charge on any atom is -0.478 e. The highest BCUT2D eigenvalue weighted by Crippen LogP contribution is 2.49. The number of hydrogen-bond donors (Lipinski definition) is 2. The van der Waals surface area contributed by atoms with E-state index in [9.17, 15) is 14.3 Å². The first-order chi connectivity index (χ1) is 21.3. The number of para-hydroxylation sites is 1. The van der Waals surface area contributed by atoms with Crippen molar-refractivity contribution in [2.75, 3.05) is 26.2 Å². The van der Waals surface area contributed by atoms with Crippen LogP contribution >= 0.6 is 11.6 Å². The number of imidazole rings is 1. The third-order valence-corrected chi connectivity index (χ3v) is 9.21. The Morgan fingerprint density at radius 1 is 1.23 bits per heavy atom. The van der Waals surface area contributed by atoms with Gasteiger partial charge in [-0.1, -0.05) is 29.8 Å². The van der Waals surface area contributed by atoms with Gasteiger partial charge in [-0.05, 0) is 68.3 Å². The van der Waals surface area contributed by atoms with Crippen LogP contribution in [0.25, 0.3) is 0 Å². The first-order valence-electron chi connectivity index (χ1n) is 14.9. The van der Waals surface area contributed by atoms with Gasteiger partial charge >= 0.3 is 5.97 Å². The molecule has 0 radical (unpaired) electrons. The fraction of sp³-hybridized carbons (Fsp3) is 0.364. The quantitative estimate of drug-likeness (QED) is 0.354. The largest absolute Gasteiger partial charge is 0.478 e. The van der Waals surface area contributed by atoms with Crippen molar-refractivity contribution < 1.29 is 23.8 Å². The molecule has 1 saturated heterocycles. The number of nitrogens with zero attached hydrogens (tertiary/aromatic N) is 4. The maximum Gasteiger partial charge on any atom is 0.335 e. The van der Waals surface area contributed by atoms with E-state index in [2.05, 4.69) is 25.8 Å². The van der Waals surface area contributed by atoms with Crippen molar-refractivity contribution in [2.24, 2.45) is 4.99 Å². The summed E-state index contributed by atoms with van der Waals surface area (Å²) in [6.45, 7) is 4.83. The third kappa shape index (κ3) is 5.37. The molecule has 2 aromatic carbocycles. The van der Waals surface area contributed by atoms with E-state index in [0.29, 0.717) is 47.2 Å². The number of aliphatic carboxylic acids is 1. The Kier molecular flexibility index (Phi) is 7.42. The van der Waals surface area contributed by atoms with E-state index in [-0.39, 0.29) is 18.0 Å². The molecule has 0 bridgehead atoms. The average molecular weight is 618 g/mol. The Balaban J connectivity index is 1.04. The maximum absolute atomic E-state index is 14.8. The van der Waals surface area contributed by atoms with Crippen LogP contribution in [0.2, 0.25) is 5.02 Å². The number of benzene rings is 2. The van der Waals surface area contributed by atoms with Gasteiger partial charge in [0.2, 0.25) is 0 Å². The van der Waals surface area contributed by atoms with E-state index in [4.69, 9.17) is 26.1 Å². The van der Waals surface area contributed by atoms with E-state index < -0.39 is 17.6 Å². The summed E-state index contributed by atoms with van der Waals surface area (Å²) in [5, 5.41) is 9.92. The fourth-order valence-electron chi connectivity index (χ4n) is 6.72. The van der Waals surface area contributed by atoms with Gasteiger partial charge in [0.15, 0.2) is 11.5 Å². The molecule has 4 heterocycles. The topological polar surface area (TPSA) is 103 Å². The van der Waals surface area contributed by atoms with Crippen molar-refractivity contribution >= 4 is 23.4 Å². The van der Waals surface area contributed by atoms with E-state index in [1.807, 2.05) is 30.5 Å². The monoisotopic (exact) mass is 617 g/mol. The first-order valence-corrected chi connectivity index (χ1v) is 15.3. The second-order valence-corrected chi connectivity index (χ2v) is 12.2. The predicted molar refractivity (Wildman–Crippen MR) is 164 cm³/mol. The van der Waals surface area contributed by atoms with Crippen LogP contribution in [0.4, 0.5) is 4.39 Å². The molecule has 0 saturated carbocycles. The van der Waals surface area contributed by atoms with Crippen molar-refractivity contribution in [3.63, 3.8) is 0 Å². The van der Waals surface area contributed by atoms with Gasteiger partial charge in [-0.25, -0.2) is 14.2 Å². The Bertz CT molecular complexity index is 1670. The van der Waals surface area contributed by atoms with Crippen molar-refractivity contribution in [3.05, 3.63) is 100 Å². The van der Waals surface area contributed by atoms with Crippen LogP contribution in [0.5, 0.6) is 11.5 Å². The maximum atomic E-state index is 14.8. The second-order valence-electron chi connectivity index (χ2n) is 11.8. The number of likely N-dealkylation sites (tertiary alicyclic amines) is 1. The number of fused-ring (bicyclic) bond motifs is 2. The van der Waals surface area contributed by atoms with E-state index in [1.165, 1.54) is 6.07 Å². The highest BCUT2D eigenvalue weighted by atomic mass is 35.5. The van der Waals surface area contributed by atoms with E-state index >= 15 is 0 Å². The highest BCUT2D eigenvalue weighted by Gasteiger charge is 2.43. The fourth-order valence-corrected chi connectivity index (χ4v) is 6.88. The van der Waals surface area contributed by atoms with Crippen molar-refractivity contribution in [2.45, 2.75) is 50.0 Å². The van der Waals surface area contributed by atoms with Gasteiger partial charge in [0.1, 0.15) is 17.5 Å². The molecule has 1 fully saturated rings. The number of carbonyl (C=O) groups is 1. The number of nitrogens with one attached hydrogen (secondary N) is 1. The molecule has 1 aromatic heterocycles. The van der Waals surface area contributed by atoms with Crippen LogP contribution in [0.3, 0.4) is 0 Å². The standard InChI is InChI=1S/C33H33ClFN5O4/c1-33(24-7-6-22(34)18-25(24)35)43-28-4-2-3-23(31(28)44-33)20-9-14-39(15-10-20)19-30-38-26-8-5-21(32(41)42)17-27(26)40(30)16-11-29-36-12-13-37-29/h2-8,12-13,17-18,20,26-27H,9-11,14-16,19H2,1H3,(H,36,37)(H,41,42). The van der Waals surface area contributed by atoms with Gasteiger partial charge in [-0.3, -0.25) is 9.89 Å². The average Bonchev–Trinajstić information content (AvgIpc) is 3.73. The summed E-state index contributed by atoms with van der Waals surface area (Å²) in [6, 6.07) is 10.2. The van der Waals surface area contributed by atoms with Crippen LogP contribution in [0.1, 0.15) is 42.6 Å². The number of carboxylic acids is 1. The molecule has 0 amide bonds. The molecule has 228 valence electrons. The molecule has 0 spiro atoms. The number of H-pyrrole nitrogens is 1. The lowest BCUT2D eigenvalue weighted by Gasteiger charge is -2.35. The smallest absolute Gasteiger partial charge is 0.335 e. The molecule has 4 aliphatic rings. The van der Waals surface area contributed by atoms with Gasteiger partial charge < -0.3 is 24.5 Å². The minimum absolute atomic E-state index is 0.105. The van der Waals surface area contributed by atoms with Crippen molar-refractivity contribution in [3.8, 4) is 11.5 Å². The van der Waals surface area contributed by atoms with Crippen LogP contribution in [0, 0.1) is 5.82 Å². The molecule has 2 N–H and O–H groups in total. The van der Waals surface area contributed by atoms with Crippen molar-refractivity contribution in [1.82, 2.24) is 19.8 Å². The normalized spacial score (nSPS) is 24.8. The van der Waals surface area contributed by atoms with Gasteiger partial charge in [-0.2, -0.15) is 0 Å². The van der Waals surface area contributed by atoms with Crippen molar-refractivity contribution in [1.29, 1.82) is 0 Å². The summed E-state index contributed by atoms with van der Waals surface area (Å²) in [7, 11) is 0. The number of amidine groups is 1. The Hall–Kier alpha value is -4.15. The summed E-state index contributed by atoms with van der Waals surface area (Å²) in [5.74, 6) is 0.710. The number of aliphatic imine (C=N–C) groups is 1. The summed E-state index contributed by atoms with van der Waals surface area (Å²) in [5.41, 5.74) is 1.66. The molecule has 9 nitrogen and oxygen atoms in total. The molecular formula is C33H33ClFN5O4. The first kappa shape index (κ1) is 28.6. The zero-order chi connectivity index (χ0) is 30.4. The Morgan fingerprint density at radius 2 is 2.07 bits per heavy atom. The highest BCUT2D eigenvalue weighted by molar-refractivity contribution is 6.30. The summed E-state index contributed by atoms with van der Waals surface area (Å²) in [4.78, 5) is 28.9. The lowest BCUT2D eigenvalue weighted by molar-refractivity contribution is -0.132. The molecule has 3 aliphatic heterocycles. The summed E-state index contributed by atoms with van der Waals surface area (Å²) >= 11 is 5.98. The van der Waals surface area contributed by atoms with Crippen LogP contribution in [0.15, 0.2) is 77.6 Å². The van der Waals surface area contributed by atoms with Crippen LogP contribution < -0.4 is 9.47 Å². The second kappa shape index (κ2) is 11.4. The Labute approximate surface area is 259 Å². The molecule has 1 aliphatic carbocycles. The molecule has 44 heavy (non-hydrogen) atoms. The molecule has 7 rings (SSSR count). The number of halogens is 2. The van der Waals surface area contributed by atoms with E-state index in [1.54, 1.807) is 31.3 Å². The summed E-state index contributed by atoms with van der Waals surface area (Å²) < 4.78 is 27.4. The minimum atomic E-state index is -1.28. The zero-order valence-corrected chi connectivity index (χ0v) is 25.0. The SMILES string of the molecule is CC1(c2ccc(Cl)cc2F)Oc2cccc(C3CCN(CC4=NC5C=CC(C(=O)O)=CC5N4CCc4ncc[nH]4)CC3)c2O1. The molecule has 3 aromatic rings. The predicted octanol–water partition coefficient (Wildman–Crippen LogP) is 5.30. The lowest BCUT2D eigenvalue weighted by Crippen LogP contribution is -2.46. The van der Waals surface area contributed by atoms with Crippen LogP contribution in [-0.4, -0.2) is 74.9 Å². The van der Waals surface area contributed by atoms with E-state index in [0.717, 1.165) is 43.2 Å². The number of rotatable bonds is 8. The molecule has 3 atom stereocenters. The number of carboxylic acid groups (broad SMARTS) is 1. The van der Waals surface area contributed by atoms with Gasteiger partial charge in [0.25, 0.3) is 5.79 Å². The Morgan fingerprint density at radius 3 is 2.82 bits per heavy atom. The number of aromatic nitrogens is 2.